The predicted molar refractivity (Wildman–Crippen MR) is 90.4 cm³/mol. The van der Waals surface area contributed by atoms with Gasteiger partial charge in [-0.15, -0.1) is 0 Å². The van der Waals surface area contributed by atoms with E-state index >= 15 is 0 Å². The van der Waals surface area contributed by atoms with E-state index in [2.05, 4.69) is 15.2 Å². The monoisotopic (exact) mass is 351 g/mol. The molecule has 0 bridgehead atoms. The van der Waals surface area contributed by atoms with Gasteiger partial charge in [-0.05, 0) is 37.0 Å². The summed E-state index contributed by atoms with van der Waals surface area (Å²) in [6.45, 7) is 1.56. The summed E-state index contributed by atoms with van der Waals surface area (Å²) < 4.78 is 38.6. The quantitative estimate of drug-likeness (QED) is 0.919. The molecule has 0 saturated carbocycles. The average Bonchev–Trinajstić information content (AvgIpc) is 2.60. The van der Waals surface area contributed by atoms with Crippen LogP contribution in [0.3, 0.4) is 0 Å². The number of aromatic nitrogens is 1. The van der Waals surface area contributed by atoms with Gasteiger partial charge < -0.3 is 10.2 Å². The Hall–Kier alpha value is -2.31. The Labute approximate surface area is 144 Å². The van der Waals surface area contributed by atoms with Crippen LogP contribution in [0.15, 0.2) is 30.5 Å². The first-order valence-electron chi connectivity index (χ1n) is 8.30. The lowest BCUT2D eigenvalue weighted by molar-refractivity contribution is -0.137. The molecule has 2 aromatic rings. The smallest absolute Gasteiger partial charge is 0.371 e. The summed E-state index contributed by atoms with van der Waals surface area (Å²) >= 11 is 0. The fourth-order valence-electron chi connectivity index (χ4n) is 3.33. The number of anilines is 1. The zero-order chi connectivity index (χ0) is 18.0. The number of carbonyl (C=O) groups is 1. The van der Waals surface area contributed by atoms with Gasteiger partial charge in [-0.3, -0.25) is 9.78 Å². The number of carbonyl (C=O) groups excluding carboxylic acids is 1. The van der Waals surface area contributed by atoms with Crippen molar-refractivity contribution in [3.05, 3.63) is 36.0 Å². The number of alkyl halides is 3. The average molecular weight is 351 g/mol. The standard InChI is InChI=1S/C18H20F3N3O/c1-22-17(25)10-12-5-8-24(9-6-12)16-4-7-23-15-11-13(18(19,20)21)2-3-14(15)16/h2-4,7,11-12H,5-6,8-10H2,1H3,(H,22,25). The van der Waals surface area contributed by atoms with Gasteiger partial charge in [-0.2, -0.15) is 13.2 Å². The van der Waals surface area contributed by atoms with Gasteiger partial charge in [0, 0.05) is 43.8 Å². The number of hydrogen-bond acceptors (Lipinski definition) is 3. The van der Waals surface area contributed by atoms with Crippen molar-refractivity contribution in [1.82, 2.24) is 10.3 Å². The van der Waals surface area contributed by atoms with E-state index in [1.54, 1.807) is 13.2 Å². The first-order valence-corrected chi connectivity index (χ1v) is 8.30. The maximum atomic E-state index is 12.9. The van der Waals surface area contributed by atoms with Crippen LogP contribution in [0, 0.1) is 5.92 Å². The second-order valence-electron chi connectivity index (χ2n) is 6.37. The number of hydrogen-bond donors (Lipinski definition) is 1. The molecule has 2 heterocycles. The Morgan fingerprint density at radius 3 is 2.64 bits per heavy atom. The number of amides is 1. The molecule has 1 fully saturated rings. The van der Waals surface area contributed by atoms with E-state index < -0.39 is 11.7 Å². The Morgan fingerprint density at radius 1 is 1.28 bits per heavy atom. The number of rotatable bonds is 3. The van der Waals surface area contributed by atoms with Crippen molar-refractivity contribution in [2.75, 3.05) is 25.0 Å². The van der Waals surface area contributed by atoms with Crippen molar-refractivity contribution < 1.29 is 18.0 Å². The number of nitrogens with zero attached hydrogens (tertiary/aromatic N) is 2. The summed E-state index contributed by atoms with van der Waals surface area (Å²) in [4.78, 5) is 17.8. The predicted octanol–water partition coefficient (Wildman–Crippen LogP) is 3.61. The van der Waals surface area contributed by atoms with Crippen molar-refractivity contribution in [2.24, 2.45) is 5.92 Å². The van der Waals surface area contributed by atoms with Crippen LogP contribution in [-0.2, 0) is 11.0 Å². The molecule has 1 aromatic heterocycles. The van der Waals surface area contributed by atoms with Crippen LogP contribution in [-0.4, -0.2) is 31.0 Å². The number of fused-ring (bicyclic) bond motifs is 1. The molecular weight excluding hydrogens is 331 g/mol. The summed E-state index contributed by atoms with van der Waals surface area (Å²) in [5.74, 6) is 0.397. The molecule has 4 nitrogen and oxygen atoms in total. The number of piperidine rings is 1. The molecule has 0 spiro atoms. The Morgan fingerprint density at radius 2 is 2.00 bits per heavy atom. The summed E-state index contributed by atoms with van der Waals surface area (Å²) in [6, 6.07) is 5.54. The minimum absolute atomic E-state index is 0.0486. The van der Waals surface area contributed by atoms with Gasteiger partial charge in [0.2, 0.25) is 5.91 Å². The molecule has 1 aliphatic heterocycles. The molecule has 1 aromatic carbocycles. The van der Waals surface area contributed by atoms with Crippen LogP contribution in [0.25, 0.3) is 10.9 Å². The van der Waals surface area contributed by atoms with Gasteiger partial charge in [-0.25, -0.2) is 0 Å². The van der Waals surface area contributed by atoms with Crippen molar-refractivity contribution in [2.45, 2.75) is 25.4 Å². The summed E-state index contributed by atoms with van der Waals surface area (Å²) in [7, 11) is 1.63. The van der Waals surface area contributed by atoms with Crippen molar-refractivity contribution in [1.29, 1.82) is 0 Å². The Balaban J connectivity index is 1.79. The molecule has 0 atom stereocenters. The lowest BCUT2D eigenvalue weighted by Gasteiger charge is -2.34. The lowest BCUT2D eigenvalue weighted by Crippen LogP contribution is -2.35. The third-order valence-electron chi connectivity index (χ3n) is 4.76. The van der Waals surface area contributed by atoms with Crippen LogP contribution in [0.1, 0.15) is 24.8 Å². The van der Waals surface area contributed by atoms with E-state index in [4.69, 9.17) is 0 Å². The first-order chi connectivity index (χ1) is 11.9. The summed E-state index contributed by atoms with van der Waals surface area (Å²) in [6.07, 6.45) is -0.523. The maximum Gasteiger partial charge on any atom is 0.416 e. The third kappa shape index (κ3) is 3.86. The highest BCUT2D eigenvalue weighted by Gasteiger charge is 2.31. The number of pyridine rings is 1. The fraction of sp³-hybridized carbons (Fsp3) is 0.444. The van der Waals surface area contributed by atoms with E-state index in [0.29, 0.717) is 17.9 Å². The van der Waals surface area contributed by atoms with Gasteiger partial charge in [0.25, 0.3) is 0 Å². The minimum Gasteiger partial charge on any atom is -0.371 e. The summed E-state index contributed by atoms with van der Waals surface area (Å²) in [5.41, 5.74) is 0.561. The van der Waals surface area contributed by atoms with E-state index in [1.807, 2.05) is 6.07 Å². The van der Waals surface area contributed by atoms with Gasteiger partial charge in [0.1, 0.15) is 0 Å². The first kappa shape index (κ1) is 17.5. The lowest BCUT2D eigenvalue weighted by atomic mass is 9.92. The molecule has 1 aliphatic rings. The topological polar surface area (TPSA) is 45.2 Å². The fourth-order valence-corrected chi connectivity index (χ4v) is 3.33. The number of nitrogens with one attached hydrogen (secondary N) is 1. The van der Waals surface area contributed by atoms with E-state index in [1.165, 1.54) is 6.07 Å². The van der Waals surface area contributed by atoms with Crippen molar-refractivity contribution >= 4 is 22.5 Å². The normalized spacial score (nSPS) is 16.2. The van der Waals surface area contributed by atoms with Crippen LogP contribution in [0.4, 0.5) is 18.9 Å². The van der Waals surface area contributed by atoms with Crippen molar-refractivity contribution in [3.8, 4) is 0 Å². The second-order valence-corrected chi connectivity index (χ2v) is 6.37. The Kier molecular flexibility index (Phi) is 4.83. The van der Waals surface area contributed by atoms with Gasteiger partial charge in [-0.1, -0.05) is 6.07 Å². The molecular formula is C18H20F3N3O. The number of halogens is 3. The Bertz CT molecular complexity index is 768. The maximum absolute atomic E-state index is 12.9. The van der Waals surface area contributed by atoms with Crippen LogP contribution in [0.5, 0.6) is 0 Å². The van der Waals surface area contributed by atoms with Crippen molar-refractivity contribution in [3.63, 3.8) is 0 Å². The van der Waals surface area contributed by atoms with Gasteiger partial charge in [0.15, 0.2) is 0 Å². The zero-order valence-electron chi connectivity index (χ0n) is 13.9. The van der Waals surface area contributed by atoms with E-state index in [-0.39, 0.29) is 5.91 Å². The third-order valence-corrected chi connectivity index (χ3v) is 4.76. The molecule has 1 saturated heterocycles. The SMILES string of the molecule is CNC(=O)CC1CCN(c2ccnc3cc(C(F)(F)F)ccc23)CC1. The molecule has 134 valence electrons. The van der Waals surface area contributed by atoms with Crippen LogP contribution >= 0.6 is 0 Å². The largest absolute Gasteiger partial charge is 0.416 e. The molecule has 1 N–H and O–H groups in total. The highest BCUT2D eigenvalue weighted by atomic mass is 19.4. The molecule has 3 rings (SSSR count). The minimum atomic E-state index is -4.37. The second kappa shape index (κ2) is 6.90. The molecule has 0 radical (unpaired) electrons. The molecule has 7 heteroatoms. The number of benzene rings is 1. The molecule has 0 aliphatic carbocycles. The van der Waals surface area contributed by atoms with Gasteiger partial charge >= 0.3 is 6.18 Å². The molecule has 25 heavy (non-hydrogen) atoms. The van der Waals surface area contributed by atoms with Crippen LogP contribution in [0.2, 0.25) is 0 Å². The van der Waals surface area contributed by atoms with Crippen LogP contribution < -0.4 is 10.2 Å². The molecule has 0 unspecified atom stereocenters. The van der Waals surface area contributed by atoms with E-state index in [9.17, 15) is 18.0 Å². The van der Waals surface area contributed by atoms with Gasteiger partial charge in [0.05, 0.1) is 11.1 Å². The van der Waals surface area contributed by atoms with E-state index in [0.717, 1.165) is 49.1 Å². The summed E-state index contributed by atoms with van der Waals surface area (Å²) in [5, 5.41) is 3.37. The zero-order valence-corrected chi connectivity index (χ0v) is 13.9. The highest BCUT2D eigenvalue weighted by Crippen LogP contribution is 2.34. The highest BCUT2D eigenvalue weighted by molar-refractivity contribution is 5.92. The molecule has 1 amide bonds.